The average Bonchev–Trinajstić information content (AvgIpc) is 2.75. The van der Waals surface area contributed by atoms with Crippen molar-refractivity contribution >= 4 is 44.6 Å². The highest BCUT2D eigenvalue weighted by Crippen LogP contribution is 2.27. The van der Waals surface area contributed by atoms with Crippen molar-refractivity contribution in [2.45, 2.75) is 11.1 Å². The van der Waals surface area contributed by atoms with Crippen LogP contribution in [0.25, 0.3) is 0 Å². The lowest BCUT2D eigenvalue weighted by Crippen LogP contribution is -2.11. The number of thiophene rings is 1. The van der Waals surface area contributed by atoms with E-state index < -0.39 is 16.0 Å². The van der Waals surface area contributed by atoms with Crippen LogP contribution in [0.2, 0.25) is 5.15 Å². The quantitative estimate of drug-likeness (QED) is 0.839. The van der Waals surface area contributed by atoms with Crippen molar-refractivity contribution in [3.63, 3.8) is 0 Å². The van der Waals surface area contributed by atoms with Gasteiger partial charge in [-0.1, -0.05) is 11.6 Å². The SMILES string of the molecule is Cc1cc(S(=O)(=O)Nc2ccc(Cl)nc2)sc1C(=O)O. The molecular weight excluding hydrogens is 324 g/mol. The summed E-state index contributed by atoms with van der Waals surface area (Å²) in [7, 11) is -3.84. The summed E-state index contributed by atoms with van der Waals surface area (Å²) < 4.78 is 26.5. The van der Waals surface area contributed by atoms with E-state index in [1.807, 2.05) is 0 Å². The molecule has 0 saturated carbocycles. The first-order chi connectivity index (χ1) is 9.29. The molecule has 0 saturated heterocycles. The van der Waals surface area contributed by atoms with Gasteiger partial charge >= 0.3 is 5.97 Å². The number of rotatable bonds is 4. The number of aryl methyl sites for hydroxylation is 1. The van der Waals surface area contributed by atoms with E-state index >= 15 is 0 Å². The maximum Gasteiger partial charge on any atom is 0.346 e. The fourth-order valence-electron chi connectivity index (χ4n) is 1.44. The molecule has 2 aromatic heterocycles. The summed E-state index contributed by atoms with van der Waals surface area (Å²) in [6, 6.07) is 4.23. The minimum atomic E-state index is -3.84. The van der Waals surface area contributed by atoms with E-state index in [-0.39, 0.29) is 19.9 Å². The third kappa shape index (κ3) is 3.09. The predicted octanol–water partition coefficient (Wildman–Crippen LogP) is 2.60. The van der Waals surface area contributed by atoms with Gasteiger partial charge in [0.15, 0.2) is 0 Å². The summed E-state index contributed by atoms with van der Waals surface area (Å²) in [6.45, 7) is 1.54. The van der Waals surface area contributed by atoms with Crippen LogP contribution in [-0.4, -0.2) is 24.5 Å². The standard InChI is InChI=1S/C11H9ClN2O4S2/c1-6-4-9(19-10(6)11(15)16)20(17,18)14-7-2-3-8(12)13-5-7/h2-5,14H,1H3,(H,15,16). The lowest BCUT2D eigenvalue weighted by molar-refractivity contribution is 0.0701. The molecule has 0 bridgehead atoms. The molecule has 2 N–H and O–H groups in total. The zero-order chi connectivity index (χ0) is 14.9. The third-order valence-corrected chi connectivity index (χ3v) is 5.64. The number of aromatic carboxylic acids is 1. The first kappa shape index (κ1) is 14.8. The van der Waals surface area contributed by atoms with Gasteiger partial charge in [-0.2, -0.15) is 0 Å². The number of sulfonamides is 1. The zero-order valence-corrected chi connectivity index (χ0v) is 12.5. The van der Waals surface area contributed by atoms with Crippen LogP contribution >= 0.6 is 22.9 Å². The van der Waals surface area contributed by atoms with Crippen molar-refractivity contribution in [1.29, 1.82) is 0 Å². The molecule has 0 fully saturated rings. The van der Waals surface area contributed by atoms with Crippen LogP contribution in [0.3, 0.4) is 0 Å². The molecule has 106 valence electrons. The molecular formula is C11H9ClN2O4S2. The van der Waals surface area contributed by atoms with Crippen LogP contribution in [0, 0.1) is 6.92 Å². The fraction of sp³-hybridized carbons (Fsp3) is 0.0909. The Morgan fingerprint density at radius 3 is 2.65 bits per heavy atom. The Morgan fingerprint density at radius 2 is 2.15 bits per heavy atom. The van der Waals surface area contributed by atoms with Crippen molar-refractivity contribution in [2.75, 3.05) is 4.72 Å². The predicted molar refractivity (Wildman–Crippen MR) is 76.1 cm³/mol. The minimum absolute atomic E-state index is 0.000365. The number of carbonyl (C=O) groups is 1. The van der Waals surface area contributed by atoms with E-state index in [0.717, 1.165) is 0 Å². The molecule has 0 spiro atoms. The van der Waals surface area contributed by atoms with Gasteiger partial charge in [-0.25, -0.2) is 18.2 Å². The van der Waals surface area contributed by atoms with Crippen LogP contribution in [-0.2, 0) is 10.0 Å². The molecule has 0 aliphatic rings. The average molecular weight is 333 g/mol. The number of hydrogen-bond acceptors (Lipinski definition) is 5. The molecule has 6 nitrogen and oxygen atoms in total. The first-order valence-electron chi connectivity index (χ1n) is 5.28. The van der Waals surface area contributed by atoms with Crippen LogP contribution < -0.4 is 4.72 Å². The first-order valence-corrected chi connectivity index (χ1v) is 7.95. The number of hydrogen-bond donors (Lipinski definition) is 2. The van der Waals surface area contributed by atoms with Gasteiger partial charge in [0, 0.05) is 0 Å². The normalized spacial score (nSPS) is 11.3. The number of carboxylic acid groups (broad SMARTS) is 1. The maximum absolute atomic E-state index is 12.1. The summed E-state index contributed by atoms with van der Waals surface area (Å²) in [5.41, 5.74) is 0.648. The fourth-order valence-corrected chi connectivity index (χ4v) is 3.97. The Kier molecular flexibility index (Phi) is 3.98. The molecule has 20 heavy (non-hydrogen) atoms. The largest absolute Gasteiger partial charge is 0.477 e. The Bertz CT molecular complexity index is 753. The highest BCUT2D eigenvalue weighted by molar-refractivity contribution is 7.94. The molecule has 0 aliphatic carbocycles. The third-order valence-electron chi connectivity index (χ3n) is 2.33. The monoisotopic (exact) mass is 332 g/mol. The number of nitrogens with zero attached hydrogens (tertiary/aromatic N) is 1. The van der Waals surface area contributed by atoms with Gasteiger partial charge in [-0.15, -0.1) is 11.3 Å². The van der Waals surface area contributed by atoms with Gasteiger partial charge in [0.25, 0.3) is 10.0 Å². The van der Waals surface area contributed by atoms with Gasteiger partial charge in [0.2, 0.25) is 0 Å². The van der Waals surface area contributed by atoms with Crippen LogP contribution in [0.1, 0.15) is 15.2 Å². The van der Waals surface area contributed by atoms with Gasteiger partial charge < -0.3 is 5.11 Å². The van der Waals surface area contributed by atoms with Crippen molar-refractivity contribution in [2.24, 2.45) is 0 Å². The molecule has 0 unspecified atom stereocenters. The van der Waals surface area contributed by atoms with Gasteiger partial charge in [0.1, 0.15) is 14.2 Å². The minimum Gasteiger partial charge on any atom is -0.477 e. The number of anilines is 1. The zero-order valence-electron chi connectivity index (χ0n) is 10.1. The van der Waals surface area contributed by atoms with Crippen LogP contribution in [0.5, 0.6) is 0 Å². The second kappa shape index (κ2) is 5.39. The van der Waals surface area contributed by atoms with Gasteiger partial charge in [0.05, 0.1) is 11.9 Å². The van der Waals surface area contributed by atoms with Gasteiger partial charge in [-0.3, -0.25) is 4.72 Å². The second-order valence-corrected chi connectivity index (χ2v) is 7.21. The van der Waals surface area contributed by atoms with E-state index in [0.29, 0.717) is 16.9 Å². The second-order valence-electron chi connectivity index (χ2n) is 3.86. The lowest BCUT2D eigenvalue weighted by atomic mass is 10.3. The van der Waals surface area contributed by atoms with Gasteiger partial charge in [-0.05, 0) is 30.7 Å². The number of halogens is 1. The van der Waals surface area contributed by atoms with Crippen molar-refractivity contribution in [3.05, 3.63) is 40.0 Å². The number of carboxylic acids is 1. The van der Waals surface area contributed by atoms with Crippen LogP contribution in [0.4, 0.5) is 5.69 Å². The lowest BCUT2D eigenvalue weighted by Gasteiger charge is -2.05. The van der Waals surface area contributed by atoms with E-state index in [1.54, 1.807) is 6.92 Å². The summed E-state index contributed by atoms with van der Waals surface area (Å²) in [4.78, 5) is 14.7. The number of nitrogens with one attached hydrogen (secondary N) is 1. The Balaban J connectivity index is 2.33. The van der Waals surface area contributed by atoms with Crippen molar-refractivity contribution in [1.82, 2.24) is 4.98 Å². The van der Waals surface area contributed by atoms with Crippen LogP contribution in [0.15, 0.2) is 28.6 Å². The summed E-state index contributed by atoms with van der Waals surface area (Å²) in [6.07, 6.45) is 1.28. The molecule has 2 rings (SSSR count). The van der Waals surface area contributed by atoms with E-state index in [2.05, 4.69) is 9.71 Å². The molecule has 0 aromatic carbocycles. The number of pyridine rings is 1. The number of aromatic nitrogens is 1. The highest BCUT2D eigenvalue weighted by atomic mass is 35.5. The molecule has 0 amide bonds. The molecule has 2 aromatic rings. The molecule has 0 aliphatic heterocycles. The van der Waals surface area contributed by atoms with E-state index in [1.165, 1.54) is 24.4 Å². The van der Waals surface area contributed by atoms with Crippen molar-refractivity contribution in [3.8, 4) is 0 Å². The Labute approximate surface area is 124 Å². The van der Waals surface area contributed by atoms with Crippen molar-refractivity contribution < 1.29 is 18.3 Å². The molecule has 0 atom stereocenters. The highest BCUT2D eigenvalue weighted by Gasteiger charge is 2.21. The molecule has 9 heteroatoms. The summed E-state index contributed by atoms with van der Waals surface area (Å²) in [5, 5.41) is 9.18. The molecule has 0 radical (unpaired) electrons. The summed E-state index contributed by atoms with van der Waals surface area (Å²) in [5.74, 6) is -1.15. The summed E-state index contributed by atoms with van der Waals surface area (Å²) >= 11 is 6.31. The smallest absolute Gasteiger partial charge is 0.346 e. The van der Waals surface area contributed by atoms with E-state index in [9.17, 15) is 13.2 Å². The van der Waals surface area contributed by atoms with E-state index in [4.69, 9.17) is 16.7 Å². The Hall–Kier alpha value is -1.64. The topological polar surface area (TPSA) is 96.4 Å². The molecule has 2 heterocycles. The Morgan fingerprint density at radius 1 is 1.45 bits per heavy atom. The maximum atomic E-state index is 12.1.